The van der Waals surface area contributed by atoms with Crippen LogP contribution in [0.25, 0.3) is 0 Å². The minimum absolute atomic E-state index is 0.0279. The van der Waals surface area contributed by atoms with Gasteiger partial charge in [-0.2, -0.15) is 0 Å². The predicted molar refractivity (Wildman–Crippen MR) is 113 cm³/mol. The van der Waals surface area contributed by atoms with Gasteiger partial charge in [-0.15, -0.1) is 0 Å². The Bertz CT molecular complexity index is 726. The second kappa shape index (κ2) is 10.2. The lowest BCUT2D eigenvalue weighted by Crippen LogP contribution is -2.45. The third-order valence-corrected chi connectivity index (χ3v) is 6.01. The highest BCUT2D eigenvalue weighted by molar-refractivity contribution is 6.32. The normalized spacial score (nSPS) is 17.9. The Labute approximate surface area is 178 Å². The van der Waals surface area contributed by atoms with Gasteiger partial charge in [0.2, 0.25) is 5.91 Å². The highest BCUT2D eigenvalue weighted by Crippen LogP contribution is 2.37. The van der Waals surface area contributed by atoms with E-state index < -0.39 is 0 Å². The van der Waals surface area contributed by atoms with Crippen molar-refractivity contribution in [1.29, 1.82) is 0 Å². The molecule has 29 heavy (non-hydrogen) atoms. The van der Waals surface area contributed by atoms with Crippen LogP contribution in [0.5, 0.6) is 11.5 Å². The number of amides is 2. The second-order valence-electron chi connectivity index (χ2n) is 7.79. The first kappa shape index (κ1) is 21.8. The molecular weight excluding hydrogens is 392 g/mol. The summed E-state index contributed by atoms with van der Waals surface area (Å²) in [6, 6.07) is 3.33. The fourth-order valence-electron chi connectivity index (χ4n) is 4.07. The Morgan fingerprint density at radius 3 is 2.38 bits per heavy atom. The van der Waals surface area contributed by atoms with Crippen LogP contribution in [0.3, 0.4) is 0 Å². The van der Waals surface area contributed by atoms with E-state index in [4.69, 9.17) is 21.1 Å². The summed E-state index contributed by atoms with van der Waals surface area (Å²) in [6.45, 7) is 5.46. The van der Waals surface area contributed by atoms with Crippen LogP contribution < -0.4 is 9.47 Å². The quantitative estimate of drug-likeness (QED) is 0.695. The summed E-state index contributed by atoms with van der Waals surface area (Å²) in [7, 11) is 1.54. The predicted octanol–water partition coefficient (Wildman–Crippen LogP) is 4.00. The number of halogens is 1. The van der Waals surface area contributed by atoms with Crippen molar-refractivity contribution < 1.29 is 19.1 Å². The molecular formula is C22H31ClN2O4. The van der Waals surface area contributed by atoms with E-state index in [1.807, 2.05) is 11.8 Å². The average Bonchev–Trinajstić information content (AvgIpc) is 2.77. The number of piperidine rings is 2. The number of hydrogen-bond acceptors (Lipinski definition) is 4. The molecule has 3 rings (SSSR count). The maximum atomic E-state index is 13.0. The molecule has 0 saturated carbocycles. The highest BCUT2D eigenvalue weighted by Gasteiger charge is 2.31. The van der Waals surface area contributed by atoms with Gasteiger partial charge < -0.3 is 19.3 Å². The zero-order valence-corrected chi connectivity index (χ0v) is 18.2. The molecule has 0 aromatic heterocycles. The summed E-state index contributed by atoms with van der Waals surface area (Å²) in [5.41, 5.74) is 0.483. The third kappa shape index (κ3) is 5.16. The van der Waals surface area contributed by atoms with Crippen LogP contribution in [0.1, 0.15) is 55.8 Å². The lowest BCUT2D eigenvalue weighted by molar-refractivity contribution is -0.137. The Morgan fingerprint density at radius 2 is 1.76 bits per heavy atom. The summed E-state index contributed by atoms with van der Waals surface area (Å²) < 4.78 is 11.0. The zero-order valence-electron chi connectivity index (χ0n) is 17.4. The molecule has 0 bridgehead atoms. The molecule has 2 fully saturated rings. The molecule has 2 aliphatic heterocycles. The number of carbonyl (C=O) groups is 2. The molecule has 1 aromatic rings. The average molecular weight is 423 g/mol. The maximum Gasteiger partial charge on any atom is 0.254 e. The standard InChI is InChI=1S/C22H31ClN2O4/c1-3-13-29-20-18(23)14-17(15-19(20)28-2)22(27)25-11-7-16(8-12-25)21(26)24-9-5-4-6-10-24/h14-16H,3-13H2,1-2H3. The first-order valence-electron chi connectivity index (χ1n) is 10.6. The van der Waals surface area contributed by atoms with Gasteiger partial charge in [0.15, 0.2) is 11.5 Å². The molecule has 0 N–H and O–H groups in total. The molecule has 2 saturated heterocycles. The molecule has 2 aliphatic rings. The van der Waals surface area contributed by atoms with Crippen molar-refractivity contribution in [2.24, 2.45) is 5.92 Å². The van der Waals surface area contributed by atoms with Gasteiger partial charge in [0.25, 0.3) is 5.91 Å². The third-order valence-electron chi connectivity index (χ3n) is 5.73. The fraction of sp³-hybridized carbons (Fsp3) is 0.636. The molecule has 0 spiro atoms. The Morgan fingerprint density at radius 1 is 1.07 bits per heavy atom. The van der Waals surface area contributed by atoms with Crippen molar-refractivity contribution in [2.45, 2.75) is 45.4 Å². The Hall–Kier alpha value is -1.95. The lowest BCUT2D eigenvalue weighted by atomic mass is 9.94. The maximum absolute atomic E-state index is 13.0. The zero-order chi connectivity index (χ0) is 20.8. The van der Waals surface area contributed by atoms with Crippen molar-refractivity contribution in [3.63, 3.8) is 0 Å². The molecule has 0 atom stereocenters. The van der Waals surface area contributed by atoms with E-state index in [0.717, 1.165) is 32.4 Å². The van der Waals surface area contributed by atoms with E-state index in [1.54, 1.807) is 17.0 Å². The molecule has 1 aromatic carbocycles. The molecule has 2 amide bonds. The van der Waals surface area contributed by atoms with Gasteiger partial charge in [0, 0.05) is 37.7 Å². The fourth-order valence-corrected chi connectivity index (χ4v) is 4.34. The first-order chi connectivity index (χ1) is 14.0. The topological polar surface area (TPSA) is 59.1 Å². The number of hydrogen-bond donors (Lipinski definition) is 0. The summed E-state index contributed by atoms with van der Waals surface area (Å²) in [6.07, 6.45) is 5.69. The van der Waals surface area contributed by atoms with Crippen LogP contribution in [-0.2, 0) is 4.79 Å². The van der Waals surface area contributed by atoms with E-state index in [9.17, 15) is 9.59 Å². The van der Waals surface area contributed by atoms with Crippen LogP contribution in [0.15, 0.2) is 12.1 Å². The van der Waals surface area contributed by atoms with Crippen molar-refractivity contribution in [3.05, 3.63) is 22.7 Å². The van der Waals surface area contributed by atoms with E-state index in [-0.39, 0.29) is 17.7 Å². The number of likely N-dealkylation sites (tertiary alicyclic amines) is 2. The van der Waals surface area contributed by atoms with Crippen molar-refractivity contribution in [1.82, 2.24) is 9.80 Å². The van der Waals surface area contributed by atoms with Crippen LogP contribution in [-0.4, -0.2) is 61.5 Å². The van der Waals surface area contributed by atoms with Gasteiger partial charge in [-0.1, -0.05) is 18.5 Å². The number of ether oxygens (including phenoxy) is 2. The molecule has 7 heteroatoms. The summed E-state index contributed by atoms with van der Waals surface area (Å²) in [4.78, 5) is 29.5. The molecule has 2 heterocycles. The van der Waals surface area contributed by atoms with Gasteiger partial charge in [-0.05, 0) is 50.7 Å². The number of methoxy groups -OCH3 is 1. The Kier molecular flexibility index (Phi) is 7.64. The number of rotatable bonds is 6. The number of nitrogens with zero attached hydrogens (tertiary/aromatic N) is 2. The van der Waals surface area contributed by atoms with E-state index >= 15 is 0 Å². The minimum atomic E-state index is -0.0869. The van der Waals surface area contributed by atoms with E-state index in [1.165, 1.54) is 13.5 Å². The largest absolute Gasteiger partial charge is 0.493 e. The van der Waals surface area contributed by atoms with Crippen LogP contribution in [0.4, 0.5) is 0 Å². The van der Waals surface area contributed by atoms with Gasteiger partial charge in [-0.25, -0.2) is 0 Å². The van der Waals surface area contributed by atoms with E-state index in [2.05, 4.69) is 0 Å². The molecule has 0 radical (unpaired) electrons. The Balaban J connectivity index is 1.63. The molecule has 6 nitrogen and oxygen atoms in total. The number of carbonyl (C=O) groups excluding carboxylic acids is 2. The summed E-state index contributed by atoms with van der Waals surface area (Å²) in [5.74, 6) is 1.14. The first-order valence-corrected chi connectivity index (χ1v) is 11.0. The lowest BCUT2D eigenvalue weighted by Gasteiger charge is -2.35. The van der Waals surface area contributed by atoms with Gasteiger partial charge >= 0.3 is 0 Å². The molecule has 0 unspecified atom stereocenters. The summed E-state index contributed by atoms with van der Waals surface area (Å²) >= 11 is 6.36. The highest BCUT2D eigenvalue weighted by atomic mass is 35.5. The summed E-state index contributed by atoms with van der Waals surface area (Å²) in [5, 5.41) is 0.372. The van der Waals surface area contributed by atoms with Crippen molar-refractivity contribution in [2.75, 3.05) is 39.9 Å². The second-order valence-corrected chi connectivity index (χ2v) is 8.20. The van der Waals surface area contributed by atoms with Crippen molar-refractivity contribution in [3.8, 4) is 11.5 Å². The molecule has 0 aliphatic carbocycles. The minimum Gasteiger partial charge on any atom is -0.493 e. The SMILES string of the molecule is CCCOc1c(Cl)cc(C(=O)N2CCC(C(=O)N3CCCCC3)CC2)cc1OC. The van der Waals surface area contributed by atoms with Crippen LogP contribution >= 0.6 is 11.6 Å². The van der Waals surface area contributed by atoms with Crippen LogP contribution in [0.2, 0.25) is 5.02 Å². The van der Waals surface area contributed by atoms with Gasteiger partial charge in [0.05, 0.1) is 18.7 Å². The van der Waals surface area contributed by atoms with Gasteiger partial charge in [0.1, 0.15) is 0 Å². The number of benzene rings is 1. The van der Waals surface area contributed by atoms with Gasteiger partial charge in [-0.3, -0.25) is 9.59 Å². The monoisotopic (exact) mass is 422 g/mol. The van der Waals surface area contributed by atoms with Crippen molar-refractivity contribution >= 4 is 23.4 Å². The van der Waals surface area contributed by atoms with E-state index in [0.29, 0.717) is 54.6 Å². The molecule has 160 valence electrons. The van der Waals surface area contributed by atoms with Crippen LogP contribution in [0, 0.1) is 5.92 Å². The smallest absolute Gasteiger partial charge is 0.254 e.